The van der Waals surface area contributed by atoms with E-state index in [0.29, 0.717) is 61.4 Å². The molecule has 1 saturated carbocycles. The highest BCUT2D eigenvalue weighted by Crippen LogP contribution is 2.58. The fourth-order valence-corrected chi connectivity index (χ4v) is 9.95. The van der Waals surface area contributed by atoms with E-state index in [1.54, 1.807) is 4.90 Å². The highest BCUT2D eigenvalue weighted by molar-refractivity contribution is 8.00. The minimum absolute atomic E-state index is 0.135. The van der Waals surface area contributed by atoms with Gasteiger partial charge >= 0.3 is 6.01 Å². The van der Waals surface area contributed by atoms with Crippen molar-refractivity contribution >= 4 is 40.0 Å². The highest BCUT2D eigenvalue weighted by Gasteiger charge is 2.55. The average Bonchev–Trinajstić information content (AvgIpc) is 3.15. The summed E-state index contributed by atoms with van der Waals surface area (Å²) in [4.78, 5) is 21.3. The van der Waals surface area contributed by atoms with E-state index in [4.69, 9.17) is 20.4 Å². The molecule has 3 saturated heterocycles. The normalized spacial score (nSPS) is 27.5. The summed E-state index contributed by atoms with van der Waals surface area (Å²) in [6, 6.07) is 4.45. The molecule has 216 valence electrons. The second-order valence-corrected chi connectivity index (χ2v) is 14.5. The van der Waals surface area contributed by atoms with Crippen molar-refractivity contribution in [1.29, 1.82) is 10.5 Å². The number of hydrogen-bond acceptors (Lipinski definition) is 13. The third-order valence-corrected chi connectivity index (χ3v) is 12.0. The van der Waals surface area contributed by atoms with E-state index >= 15 is 0 Å². The molecule has 5 aliphatic rings. The number of nitrogens with two attached hydrogens (primary N) is 1. The maximum atomic E-state index is 14.4. The van der Waals surface area contributed by atoms with Crippen LogP contribution in [0.3, 0.4) is 0 Å². The van der Waals surface area contributed by atoms with Crippen LogP contribution in [0.5, 0.6) is 6.01 Å². The zero-order chi connectivity index (χ0) is 28.6. The zero-order valence-electron chi connectivity index (χ0n) is 22.8. The van der Waals surface area contributed by atoms with E-state index in [2.05, 4.69) is 22.0 Å². The standard InChI is InChI=1S/C27H32FN9O2S2/c1-16(10-38)37(25(12-30)4-5-25)23-32-22(33-24(34-23)39-15-26-3-2-6-36(26)9-17(28)7-26)35-13-27(14-35)20-18(8-29)21(31)41-19(20)11-40-27/h16-17,38H,2-7,9-11,13-15,31H2,1H3/t16?,17-,26+/m1/s1. The molecule has 2 aromatic heterocycles. The molecule has 3 atom stereocenters. The third kappa shape index (κ3) is 4.14. The van der Waals surface area contributed by atoms with Crippen molar-refractivity contribution in [2.75, 3.05) is 54.9 Å². The van der Waals surface area contributed by atoms with Crippen molar-refractivity contribution in [3.05, 3.63) is 16.0 Å². The van der Waals surface area contributed by atoms with Gasteiger partial charge in [-0.25, -0.2) is 4.39 Å². The number of aliphatic hydroxyl groups is 1. The Hall–Kier alpha value is -2.91. The van der Waals surface area contributed by atoms with Crippen LogP contribution in [0, 0.1) is 22.7 Å². The number of thioether (sulfide) groups is 1. The van der Waals surface area contributed by atoms with Crippen LogP contribution < -0.4 is 20.3 Å². The van der Waals surface area contributed by atoms with Crippen molar-refractivity contribution in [2.45, 2.75) is 72.8 Å². The number of hydrogen-bond donors (Lipinski definition) is 2. The third-order valence-electron chi connectivity index (χ3n) is 9.37. The van der Waals surface area contributed by atoms with Gasteiger partial charge in [0.1, 0.15) is 29.4 Å². The van der Waals surface area contributed by atoms with Gasteiger partial charge in [-0.2, -0.15) is 25.5 Å². The molecule has 3 N–H and O–H groups in total. The van der Waals surface area contributed by atoms with Gasteiger partial charge in [0.2, 0.25) is 11.9 Å². The molecule has 1 aliphatic carbocycles. The van der Waals surface area contributed by atoms with Crippen molar-refractivity contribution in [1.82, 2.24) is 19.9 Å². The zero-order valence-corrected chi connectivity index (χ0v) is 24.5. The molecule has 0 radical (unpaired) electrons. The number of thiophene rings is 1. The number of nitriles is 2. The predicted octanol–water partition coefficient (Wildman–Crippen LogP) is 2.55. The SMILES string of the molecule is CC(CO)N(c1nc(OC[C@@]23CCCN2C[C@H](F)C3)nc(N2CC3(C2)SCc2sc(N)c(C#N)c23)n1)C1(C#N)CC1. The van der Waals surface area contributed by atoms with Crippen LogP contribution in [-0.2, 0) is 10.5 Å². The van der Waals surface area contributed by atoms with Crippen LogP contribution in [0.1, 0.15) is 55.0 Å². The number of alkyl halides is 1. The van der Waals surface area contributed by atoms with Crippen LogP contribution >= 0.6 is 23.1 Å². The van der Waals surface area contributed by atoms with Gasteiger partial charge in [-0.15, -0.1) is 23.1 Å². The van der Waals surface area contributed by atoms with Gasteiger partial charge in [-0.1, -0.05) is 0 Å². The molecule has 6 heterocycles. The lowest BCUT2D eigenvalue weighted by atomic mass is 9.88. The average molecular weight is 598 g/mol. The minimum Gasteiger partial charge on any atom is -0.461 e. The Kier molecular flexibility index (Phi) is 6.28. The Morgan fingerprint density at radius 1 is 1.27 bits per heavy atom. The van der Waals surface area contributed by atoms with Gasteiger partial charge in [0, 0.05) is 42.2 Å². The van der Waals surface area contributed by atoms with Gasteiger partial charge in [0.05, 0.1) is 34.6 Å². The van der Waals surface area contributed by atoms with E-state index in [1.165, 1.54) is 11.3 Å². The number of anilines is 3. The molecule has 4 aliphatic heterocycles. The molecule has 1 spiro atoms. The molecule has 0 aromatic carbocycles. The molecule has 14 heteroatoms. The Morgan fingerprint density at radius 3 is 2.78 bits per heavy atom. The smallest absolute Gasteiger partial charge is 0.323 e. The van der Waals surface area contributed by atoms with Crippen molar-refractivity contribution in [3.63, 3.8) is 0 Å². The predicted molar refractivity (Wildman–Crippen MR) is 154 cm³/mol. The van der Waals surface area contributed by atoms with Crippen LogP contribution in [0.4, 0.5) is 21.3 Å². The summed E-state index contributed by atoms with van der Waals surface area (Å²) in [5.41, 5.74) is 6.62. The fourth-order valence-electron chi connectivity index (χ4n) is 7.14. The van der Waals surface area contributed by atoms with Crippen LogP contribution in [0.25, 0.3) is 0 Å². The molecular formula is C27H32FN9O2S2. The van der Waals surface area contributed by atoms with Crippen LogP contribution in [0.15, 0.2) is 0 Å². The lowest BCUT2D eigenvalue weighted by molar-refractivity contribution is 0.107. The second-order valence-electron chi connectivity index (χ2n) is 12.0. The Bertz CT molecular complexity index is 1460. The summed E-state index contributed by atoms with van der Waals surface area (Å²) in [6.07, 6.45) is 2.74. The first-order chi connectivity index (χ1) is 19.7. The lowest BCUT2D eigenvalue weighted by Crippen LogP contribution is -2.57. The van der Waals surface area contributed by atoms with Crippen LogP contribution in [0.2, 0.25) is 0 Å². The maximum absolute atomic E-state index is 14.4. The largest absolute Gasteiger partial charge is 0.461 e. The van der Waals surface area contributed by atoms with Crippen molar-refractivity contribution < 1.29 is 14.2 Å². The van der Waals surface area contributed by atoms with Crippen LogP contribution in [-0.4, -0.2) is 87.6 Å². The fraction of sp³-hybridized carbons (Fsp3) is 0.667. The summed E-state index contributed by atoms with van der Waals surface area (Å²) >= 11 is 3.31. The first-order valence-electron chi connectivity index (χ1n) is 14.1. The molecule has 7 rings (SSSR count). The molecule has 41 heavy (non-hydrogen) atoms. The van der Waals surface area contributed by atoms with E-state index < -0.39 is 17.8 Å². The summed E-state index contributed by atoms with van der Waals surface area (Å²) in [5.74, 6) is 1.53. The Labute approximate surface area is 246 Å². The Morgan fingerprint density at radius 2 is 2.07 bits per heavy atom. The lowest BCUT2D eigenvalue weighted by Gasteiger charge is -2.48. The monoisotopic (exact) mass is 597 g/mol. The van der Waals surface area contributed by atoms with Gasteiger partial charge in [0.25, 0.3) is 0 Å². The number of ether oxygens (including phenoxy) is 1. The van der Waals surface area contributed by atoms with Gasteiger partial charge in [-0.3, -0.25) is 4.90 Å². The number of rotatable bonds is 8. The molecule has 11 nitrogen and oxygen atoms in total. The molecule has 2 aromatic rings. The number of halogens is 1. The molecule has 4 fully saturated rings. The summed E-state index contributed by atoms with van der Waals surface area (Å²) in [6.45, 7) is 4.43. The highest BCUT2D eigenvalue weighted by atomic mass is 32.2. The quantitative estimate of drug-likeness (QED) is 0.460. The molecule has 1 unspecified atom stereocenters. The van der Waals surface area contributed by atoms with Gasteiger partial charge in [-0.05, 0) is 39.2 Å². The number of aromatic nitrogens is 3. The van der Waals surface area contributed by atoms with Gasteiger partial charge < -0.3 is 25.4 Å². The van der Waals surface area contributed by atoms with E-state index in [1.807, 2.05) is 23.6 Å². The summed E-state index contributed by atoms with van der Waals surface area (Å²) < 4.78 is 20.4. The summed E-state index contributed by atoms with van der Waals surface area (Å²) in [7, 11) is 0. The number of fused-ring (bicyclic) bond motifs is 3. The Balaban J connectivity index is 1.21. The minimum atomic E-state index is -0.870. The molecule has 0 amide bonds. The first-order valence-corrected chi connectivity index (χ1v) is 15.9. The number of aliphatic hydroxyl groups excluding tert-OH is 1. The van der Waals surface area contributed by atoms with Crippen molar-refractivity contribution in [3.8, 4) is 18.1 Å². The van der Waals surface area contributed by atoms with E-state index in [-0.39, 0.29) is 29.5 Å². The topological polar surface area (TPSA) is 151 Å². The molecule has 0 bridgehead atoms. The summed E-state index contributed by atoms with van der Waals surface area (Å²) in [5, 5.41) is 30.4. The van der Waals surface area contributed by atoms with Gasteiger partial charge in [0.15, 0.2) is 0 Å². The second kappa shape index (κ2) is 9.56. The van der Waals surface area contributed by atoms with E-state index in [9.17, 15) is 20.0 Å². The number of nitrogens with zero attached hydrogens (tertiary/aromatic N) is 8. The van der Waals surface area contributed by atoms with E-state index in [0.717, 1.165) is 35.6 Å². The first kappa shape index (κ1) is 27.0. The van der Waals surface area contributed by atoms with Crippen molar-refractivity contribution in [2.24, 2.45) is 0 Å². The maximum Gasteiger partial charge on any atom is 0.323 e. The number of nitrogen functional groups attached to an aromatic ring is 1. The molecular weight excluding hydrogens is 565 g/mol.